The van der Waals surface area contributed by atoms with Crippen LogP contribution >= 0.6 is 11.6 Å². The molecular formula is C16H16ClN5. The minimum absolute atomic E-state index is 0.373. The van der Waals surface area contributed by atoms with Crippen LogP contribution in [0.1, 0.15) is 24.6 Å². The van der Waals surface area contributed by atoms with Crippen LogP contribution in [0.2, 0.25) is 5.15 Å². The summed E-state index contributed by atoms with van der Waals surface area (Å²) in [5.74, 6) is 1.42. The lowest BCUT2D eigenvalue weighted by atomic mass is 9.97. The number of fused-ring (bicyclic) bond motifs is 1. The molecule has 4 heterocycles. The molecule has 0 spiro atoms. The quantitative estimate of drug-likeness (QED) is 0.682. The first-order chi connectivity index (χ1) is 10.8. The van der Waals surface area contributed by atoms with Crippen LogP contribution in [0, 0.1) is 0 Å². The van der Waals surface area contributed by atoms with Crippen molar-refractivity contribution in [3.05, 3.63) is 53.7 Å². The number of nitrogens with zero attached hydrogens (tertiary/aromatic N) is 5. The number of piperidine rings is 1. The summed E-state index contributed by atoms with van der Waals surface area (Å²) in [7, 11) is 0. The van der Waals surface area contributed by atoms with E-state index in [1.54, 1.807) is 6.20 Å². The lowest BCUT2D eigenvalue weighted by Gasteiger charge is -2.33. The number of hydrogen-bond acceptors (Lipinski definition) is 4. The molecule has 4 rings (SSSR count). The summed E-state index contributed by atoms with van der Waals surface area (Å²) in [4.78, 5) is 6.41. The molecule has 5 nitrogen and oxygen atoms in total. The third kappa shape index (κ3) is 2.41. The lowest BCUT2D eigenvalue weighted by Crippen LogP contribution is -2.35. The highest BCUT2D eigenvalue weighted by molar-refractivity contribution is 6.29. The Labute approximate surface area is 133 Å². The van der Waals surface area contributed by atoms with Crippen molar-refractivity contribution in [2.75, 3.05) is 18.0 Å². The molecule has 1 aliphatic rings. The summed E-state index contributed by atoms with van der Waals surface area (Å²) in [6.07, 6.45) is 6.05. The van der Waals surface area contributed by atoms with Gasteiger partial charge in [-0.2, -0.15) is 0 Å². The van der Waals surface area contributed by atoms with Gasteiger partial charge in [0, 0.05) is 37.1 Å². The van der Waals surface area contributed by atoms with Crippen molar-refractivity contribution < 1.29 is 0 Å². The van der Waals surface area contributed by atoms with Crippen molar-refractivity contribution in [3.63, 3.8) is 0 Å². The Balaban J connectivity index is 1.63. The van der Waals surface area contributed by atoms with Crippen LogP contribution in [0.4, 0.5) is 5.69 Å². The van der Waals surface area contributed by atoms with Gasteiger partial charge in [0.1, 0.15) is 11.0 Å². The lowest BCUT2D eigenvalue weighted by molar-refractivity contribution is 0.488. The highest BCUT2D eigenvalue weighted by atomic mass is 35.5. The van der Waals surface area contributed by atoms with E-state index >= 15 is 0 Å². The van der Waals surface area contributed by atoms with Crippen molar-refractivity contribution in [3.8, 4) is 0 Å². The smallest absolute Gasteiger partial charge is 0.160 e. The van der Waals surface area contributed by atoms with Crippen molar-refractivity contribution >= 4 is 22.9 Å². The molecule has 1 unspecified atom stereocenters. The first-order valence-electron chi connectivity index (χ1n) is 7.47. The van der Waals surface area contributed by atoms with E-state index in [2.05, 4.69) is 24.5 Å². The molecular weight excluding hydrogens is 298 g/mol. The number of anilines is 1. The SMILES string of the molecule is Clc1cc(N2CCCC(c3nnc4ccccn34)C2)ccn1. The highest BCUT2D eigenvalue weighted by Crippen LogP contribution is 2.29. The highest BCUT2D eigenvalue weighted by Gasteiger charge is 2.25. The Bertz CT molecular complexity index is 800. The molecule has 0 amide bonds. The minimum atomic E-state index is 0.373. The van der Waals surface area contributed by atoms with Gasteiger partial charge in [-0.3, -0.25) is 4.40 Å². The van der Waals surface area contributed by atoms with Crippen molar-refractivity contribution in [2.45, 2.75) is 18.8 Å². The fourth-order valence-electron chi connectivity index (χ4n) is 3.15. The Hall–Kier alpha value is -2.14. The van der Waals surface area contributed by atoms with Crippen LogP contribution in [0.3, 0.4) is 0 Å². The summed E-state index contributed by atoms with van der Waals surface area (Å²) in [5, 5.41) is 9.22. The van der Waals surface area contributed by atoms with Crippen LogP contribution in [0.5, 0.6) is 0 Å². The molecule has 22 heavy (non-hydrogen) atoms. The molecule has 6 heteroatoms. The molecule has 1 aliphatic heterocycles. The molecule has 0 aliphatic carbocycles. The first-order valence-corrected chi connectivity index (χ1v) is 7.85. The Morgan fingerprint density at radius 3 is 3.05 bits per heavy atom. The maximum Gasteiger partial charge on any atom is 0.160 e. The number of halogens is 1. The topological polar surface area (TPSA) is 46.3 Å². The molecule has 1 saturated heterocycles. The molecule has 112 valence electrons. The van der Waals surface area contributed by atoms with E-state index in [-0.39, 0.29) is 0 Å². The number of pyridine rings is 2. The van der Waals surface area contributed by atoms with Gasteiger partial charge in [0.25, 0.3) is 0 Å². The summed E-state index contributed by atoms with van der Waals surface area (Å²) < 4.78 is 2.09. The van der Waals surface area contributed by atoms with Gasteiger partial charge in [-0.25, -0.2) is 4.98 Å². The molecule has 0 radical (unpaired) electrons. The fourth-order valence-corrected chi connectivity index (χ4v) is 3.32. The zero-order valence-corrected chi connectivity index (χ0v) is 12.8. The molecule has 3 aromatic rings. The predicted octanol–water partition coefficient (Wildman–Crippen LogP) is 3.16. The zero-order valence-electron chi connectivity index (χ0n) is 12.1. The molecule has 0 saturated carbocycles. The minimum Gasteiger partial charge on any atom is -0.371 e. The molecule has 3 aromatic heterocycles. The molecule has 0 bridgehead atoms. The third-order valence-corrected chi connectivity index (χ3v) is 4.41. The van der Waals surface area contributed by atoms with Crippen LogP contribution < -0.4 is 4.90 Å². The van der Waals surface area contributed by atoms with Gasteiger partial charge in [0.2, 0.25) is 0 Å². The Kier molecular flexibility index (Phi) is 3.42. The van der Waals surface area contributed by atoms with Crippen LogP contribution in [-0.2, 0) is 0 Å². The van der Waals surface area contributed by atoms with Crippen molar-refractivity contribution in [1.82, 2.24) is 19.6 Å². The van der Waals surface area contributed by atoms with Gasteiger partial charge in [-0.1, -0.05) is 17.7 Å². The van der Waals surface area contributed by atoms with Gasteiger partial charge in [-0.15, -0.1) is 10.2 Å². The van der Waals surface area contributed by atoms with Gasteiger partial charge in [-0.05, 0) is 37.1 Å². The monoisotopic (exact) mass is 313 g/mol. The van der Waals surface area contributed by atoms with Crippen LogP contribution in [-0.4, -0.2) is 32.7 Å². The van der Waals surface area contributed by atoms with E-state index in [0.29, 0.717) is 11.1 Å². The summed E-state index contributed by atoms with van der Waals surface area (Å²) in [5.41, 5.74) is 2.03. The number of hydrogen-bond donors (Lipinski definition) is 0. The zero-order chi connectivity index (χ0) is 14.9. The van der Waals surface area contributed by atoms with E-state index in [9.17, 15) is 0 Å². The standard InChI is InChI=1S/C16H16ClN5/c17-14-10-13(6-7-18-14)21-8-3-4-12(11-21)16-20-19-15-5-1-2-9-22(15)16/h1-2,5-7,9-10,12H,3-4,8,11H2. The van der Waals surface area contributed by atoms with Gasteiger partial charge in [0.15, 0.2) is 5.65 Å². The van der Waals surface area contributed by atoms with E-state index in [4.69, 9.17) is 11.6 Å². The van der Waals surface area contributed by atoms with Crippen molar-refractivity contribution in [2.24, 2.45) is 0 Å². The van der Waals surface area contributed by atoms with E-state index in [0.717, 1.165) is 43.1 Å². The third-order valence-electron chi connectivity index (χ3n) is 4.20. The second-order valence-corrected chi connectivity index (χ2v) is 6.00. The normalized spacial score (nSPS) is 18.8. The van der Waals surface area contributed by atoms with Crippen molar-refractivity contribution in [1.29, 1.82) is 0 Å². The van der Waals surface area contributed by atoms with E-state index in [1.165, 1.54) is 0 Å². The maximum absolute atomic E-state index is 6.01. The van der Waals surface area contributed by atoms with Gasteiger partial charge in [0.05, 0.1) is 0 Å². The number of aromatic nitrogens is 4. The average molecular weight is 314 g/mol. The summed E-state index contributed by atoms with van der Waals surface area (Å²) in [6.45, 7) is 1.96. The fraction of sp³-hybridized carbons (Fsp3) is 0.312. The Morgan fingerprint density at radius 2 is 2.14 bits per heavy atom. The second kappa shape index (κ2) is 5.57. The summed E-state index contributed by atoms with van der Waals surface area (Å²) >= 11 is 6.01. The maximum atomic E-state index is 6.01. The largest absolute Gasteiger partial charge is 0.371 e. The van der Waals surface area contributed by atoms with Gasteiger partial charge < -0.3 is 4.90 Å². The second-order valence-electron chi connectivity index (χ2n) is 5.61. The van der Waals surface area contributed by atoms with Gasteiger partial charge >= 0.3 is 0 Å². The van der Waals surface area contributed by atoms with Crippen LogP contribution in [0.25, 0.3) is 5.65 Å². The molecule has 1 atom stereocenters. The predicted molar refractivity (Wildman–Crippen MR) is 86.4 cm³/mol. The first kappa shape index (κ1) is 13.5. The number of rotatable bonds is 2. The molecule has 0 aromatic carbocycles. The van der Waals surface area contributed by atoms with E-state index in [1.807, 2.05) is 36.5 Å². The molecule has 1 fully saturated rings. The van der Waals surface area contributed by atoms with E-state index < -0.39 is 0 Å². The molecule has 0 N–H and O–H groups in total. The Morgan fingerprint density at radius 1 is 1.18 bits per heavy atom. The van der Waals surface area contributed by atoms with Crippen LogP contribution in [0.15, 0.2) is 42.7 Å². The summed E-state index contributed by atoms with van der Waals surface area (Å²) in [6, 6.07) is 9.92. The average Bonchev–Trinajstić information content (AvgIpc) is 2.99.